The zero-order valence-electron chi connectivity index (χ0n) is 24.7. The Bertz CT molecular complexity index is 805. The standard InChI is InChI=1S/C19H18B.C16H36N/c1-20(17-11-5-2-6-12-17,18-13-7-3-8-14-18)19-15-9-4-10-16-19;1-5-9-13-17(14-10-6-2,15-11-7-3)16-12-8-4/h2-16H,1H3;5-16H2,1-4H3/q-1;+1. The molecule has 202 valence electrons. The van der Waals surface area contributed by atoms with Crippen molar-refractivity contribution < 1.29 is 4.48 Å². The van der Waals surface area contributed by atoms with E-state index >= 15 is 0 Å². The maximum atomic E-state index is 2.36. The summed E-state index contributed by atoms with van der Waals surface area (Å²) in [4.78, 5) is 0. The summed E-state index contributed by atoms with van der Waals surface area (Å²) in [5, 5.41) is 0. The number of hydrogen-bond acceptors (Lipinski definition) is 0. The van der Waals surface area contributed by atoms with Crippen LogP contribution in [0.2, 0.25) is 6.82 Å². The SMILES string of the molecule is CCCC[N+](CCCC)(CCCC)CCCC.C[B-](c1ccccc1)(c1ccccc1)c1ccccc1. The Morgan fingerprint density at radius 2 is 0.676 bits per heavy atom. The van der Waals surface area contributed by atoms with Crippen LogP contribution in [-0.2, 0) is 0 Å². The van der Waals surface area contributed by atoms with Gasteiger partial charge in [0.25, 0.3) is 0 Å². The molecule has 0 aromatic heterocycles. The highest BCUT2D eigenvalue weighted by Gasteiger charge is 2.25. The molecule has 0 bridgehead atoms. The summed E-state index contributed by atoms with van der Waals surface area (Å²) in [7, 11) is 0. The van der Waals surface area contributed by atoms with Crippen molar-refractivity contribution in [2.45, 2.75) is 85.9 Å². The van der Waals surface area contributed by atoms with Gasteiger partial charge in [-0.1, -0.05) is 144 Å². The van der Waals surface area contributed by atoms with E-state index in [0.29, 0.717) is 0 Å². The van der Waals surface area contributed by atoms with Gasteiger partial charge in [-0.3, -0.25) is 0 Å². The van der Waals surface area contributed by atoms with Crippen LogP contribution in [0.15, 0.2) is 91.0 Å². The summed E-state index contributed by atoms with van der Waals surface area (Å²) in [6.45, 7) is 17.4. The number of nitrogens with zero attached hydrogens (tertiary/aromatic N) is 1. The molecule has 1 nitrogen and oxygen atoms in total. The minimum Gasteiger partial charge on any atom is -0.324 e. The predicted molar refractivity (Wildman–Crippen MR) is 169 cm³/mol. The lowest BCUT2D eigenvalue weighted by Crippen LogP contribution is -2.64. The second-order valence-corrected chi connectivity index (χ2v) is 11.2. The zero-order valence-corrected chi connectivity index (χ0v) is 24.7. The van der Waals surface area contributed by atoms with Crippen molar-refractivity contribution in [1.29, 1.82) is 0 Å². The fraction of sp³-hybridized carbons (Fsp3) is 0.486. The van der Waals surface area contributed by atoms with Crippen molar-refractivity contribution in [3.8, 4) is 0 Å². The van der Waals surface area contributed by atoms with Crippen molar-refractivity contribution in [2.24, 2.45) is 0 Å². The molecule has 0 heterocycles. The number of benzene rings is 3. The van der Waals surface area contributed by atoms with E-state index in [1.54, 1.807) is 0 Å². The molecule has 0 radical (unpaired) electrons. The first-order valence-electron chi connectivity index (χ1n) is 15.3. The normalized spacial score (nSPS) is 11.6. The molecule has 0 fully saturated rings. The largest absolute Gasteiger partial charge is 0.324 e. The Kier molecular flexibility index (Phi) is 14.4. The summed E-state index contributed by atoms with van der Waals surface area (Å²) >= 11 is 0. The fourth-order valence-electron chi connectivity index (χ4n) is 5.74. The van der Waals surface area contributed by atoms with Crippen molar-refractivity contribution in [1.82, 2.24) is 0 Å². The van der Waals surface area contributed by atoms with E-state index in [1.165, 1.54) is 98.4 Å². The van der Waals surface area contributed by atoms with Gasteiger partial charge < -0.3 is 4.48 Å². The Balaban J connectivity index is 0.000000265. The second kappa shape index (κ2) is 17.2. The van der Waals surface area contributed by atoms with Crippen LogP contribution in [0, 0.1) is 0 Å². The summed E-state index contributed by atoms with van der Waals surface area (Å²) in [6, 6.07) is 32.4. The molecule has 0 unspecified atom stereocenters. The van der Waals surface area contributed by atoms with Crippen LogP contribution in [0.3, 0.4) is 0 Å². The van der Waals surface area contributed by atoms with Gasteiger partial charge in [-0.05, 0) is 25.7 Å². The van der Waals surface area contributed by atoms with E-state index in [-0.39, 0.29) is 0 Å². The summed E-state index contributed by atoms with van der Waals surface area (Å²) < 4.78 is 1.42. The van der Waals surface area contributed by atoms with Crippen LogP contribution in [0.5, 0.6) is 0 Å². The molecule has 0 aliphatic heterocycles. The highest BCUT2D eigenvalue weighted by Crippen LogP contribution is 2.16. The molecule has 0 atom stereocenters. The van der Waals surface area contributed by atoms with E-state index < -0.39 is 6.15 Å². The van der Waals surface area contributed by atoms with Gasteiger partial charge in [-0.2, -0.15) is 6.82 Å². The Hall–Kier alpha value is -2.32. The molecule has 0 N–H and O–H groups in total. The molecule has 0 aliphatic carbocycles. The average Bonchev–Trinajstić information content (AvgIpc) is 2.97. The van der Waals surface area contributed by atoms with Crippen LogP contribution < -0.4 is 16.4 Å². The lowest BCUT2D eigenvalue weighted by Gasteiger charge is -2.39. The second-order valence-electron chi connectivity index (χ2n) is 11.2. The van der Waals surface area contributed by atoms with Gasteiger partial charge in [-0.15, -0.1) is 0 Å². The zero-order chi connectivity index (χ0) is 26.8. The molecule has 0 aliphatic rings. The van der Waals surface area contributed by atoms with Crippen molar-refractivity contribution in [3.63, 3.8) is 0 Å². The van der Waals surface area contributed by atoms with Crippen LogP contribution in [-0.4, -0.2) is 36.8 Å². The Morgan fingerprint density at radius 1 is 0.432 bits per heavy atom. The first-order valence-corrected chi connectivity index (χ1v) is 15.3. The highest BCUT2D eigenvalue weighted by molar-refractivity contribution is 7.10. The van der Waals surface area contributed by atoms with E-state index in [1.807, 2.05) is 0 Å². The van der Waals surface area contributed by atoms with Crippen LogP contribution in [0.1, 0.15) is 79.1 Å². The van der Waals surface area contributed by atoms with Crippen molar-refractivity contribution in [3.05, 3.63) is 91.0 Å². The van der Waals surface area contributed by atoms with Crippen LogP contribution in [0.4, 0.5) is 0 Å². The smallest absolute Gasteiger partial charge is 0.0787 e. The fourth-order valence-corrected chi connectivity index (χ4v) is 5.74. The first-order chi connectivity index (χ1) is 18.1. The third-order valence-electron chi connectivity index (χ3n) is 8.34. The van der Waals surface area contributed by atoms with Gasteiger partial charge in [0.2, 0.25) is 0 Å². The summed E-state index contributed by atoms with van der Waals surface area (Å²) in [5.41, 5.74) is 4.14. The van der Waals surface area contributed by atoms with Gasteiger partial charge in [0, 0.05) is 0 Å². The molecule has 3 aromatic rings. The topological polar surface area (TPSA) is 0 Å². The molecule has 2 heteroatoms. The minimum absolute atomic E-state index is 0.912. The maximum Gasteiger partial charge on any atom is 0.0787 e. The van der Waals surface area contributed by atoms with Crippen LogP contribution in [0.25, 0.3) is 0 Å². The first kappa shape index (κ1) is 30.9. The van der Waals surface area contributed by atoms with E-state index in [2.05, 4.69) is 126 Å². The summed E-state index contributed by atoms with van der Waals surface area (Å²) in [5.74, 6) is 0. The monoisotopic (exact) mass is 499 g/mol. The molecule has 0 saturated carbocycles. The van der Waals surface area contributed by atoms with Crippen molar-refractivity contribution in [2.75, 3.05) is 26.2 Å². The third-order valence-corrected chi connectivity index (χ3v) is 8.34. The lowest BCUT2D eigenvalue weighted by atomic mass is 9.17. The molecule has 3 rings (SSSR count). The van der Waals surface area contributed by atoms with Gasteiger partial charge in [0.15, 0.2) is 0 Å². The molecule has 0 saturated heterocycles. The Labute approximate surface area is 229 Å². The summed E-state index contributed by atoms with van der Waals surface area (Å²) in [6.07, 6.45) is 10.1. The third kappa shape index (κ3) is 9.49. The Morgan fingerprint density at radius 3 is 0.892 bits per heavy atom. The minimum atomic E-state index is -0.912. The molecular formula is C35H54BN. The molecule has 0 amide bonds. The van der Waals surface area contributed by atoms with Gasteiger partial charge >= 0.3 is 0 Å². The molecular weight excluding hydrogens is 445 g/mol. The molecule has 37 heavy (non-hydrogen) atoms. The number of hydrogen-bond donors (Lipinski definition) is 0. The van der Waals surface area contributed by atoms with E-state index in [9.17, 15) is 0 Å². The number of unbranched alkanes of at least 4 members (excludes halogenated alkanes) is 4. The lowest BCUT2D eigenvalue weighted by molar-refractivity contribution is -0.929. The van der Waals surface area contributed by atoms with Crippen molar-refractivity contribution >= 4 is 22.5 Å². The highest BCUT2D eigenvalue weighted by atomic mass is 15.3. The van der Waals surface area contributed by atoms with Gasteiger partial charge in [0.05, 0.1) is 32.3 Å². The average molecular weight is 500 g/mol. The number of quaternary nitrogens is 1. The molecule has 0 spiro atoms. The quantitative estimate of drug-likeness (QED) is 0.148. The van der Waals surface area contributed by atoms with Gasteiger partial charge in [-0.25, -0.2) is 16.4 Å². The maximum absolute atomic E-state index is 2.36. The number of rotatable bonds is 15. The van der Waals surface area contributed by atoms with E-state index in [0.717, 1.165) is 0 Å². The van der Waals surface area contributed by atoms with Crippen LogP contribution >= 0.6 is 0 Å². The predicted octanol–water partition coefficient (Wildman–Crippen LogP) is 7.79. The molecule has 3 aromatic carbocycles. The van der Waals surface area contributed by atoms with E-state index in [4.69, 9.17) is 0 Å². The van der Waals surface area contributed by atoms with Gasteiger partial charge in [0.1, 0.15) is 0 Å².